The Bertz CT molecular complexity index is 440. The number of nitrogens with zero attached hydrogens (tertiary/aromatic N) is 1. The maximum absolute atomic E-state index is 11.7. The van der Waals surface area contributed by atoms with Gasteiger partial charge in [0.1, 0.15) is 0 Å². The zero-order valence-electron chi connectivity index (χ0n) is 12.5. The predicted molar refractivity (Wildman–Crippen MR) is 79.5 cm³/mol. The molecule has 2 aliphatic rings. The quantitative estimate of drug-likeness (QED) is 0.754. The molecule has 1 atom stereocenters. The Morgan fingerprint density at radius 2 is 1.86 bits per heavy atom. The monoisotopic (exact) mass is 319 g/mol. The number of amides is 2. The maximum atomic E-state index is 11.7. The van der Waals surface area contributed by atoms with Crippen LogP contribution in [0, 0.1) is 5.92 Å². The summed E-state index contributed by atoms with van der Waals surface area (Å²) in [5, 5.41) is 5.67. The van der Waals surface area contributed by atoms with Crippen LogP contribution in [0.2, 0.25) is 0 Å². The Balaban J connectivity index is 1.59. The summed E-state index contributed by atoms with van der Waals surface area (Å²) >= 11 is 0. The molecule has 0 bridgehead atoms. The molecule has 2 N–H and O–H groups in total. The van der Waals surface area contributed by atoms with Crippen molar-refractivity contribution in [3.05, 3.63) is 0 Å². The lowest BCUT2D eigenvalue weighted by Gasteiger charge is -2.30. The van der Waals surface area contributed by atoms with E-state index in [-0.39, 0.29) is 12.1 Å². The maximum Gasteiger partial charge on any atom is 0.314 e. The molecule has 8 heteroatoms. The average Bonchev–Trinajstić information content (AvgIpc) is 2.95. The van der Waals surface area contributed by atoms with Gasteiger partial charge < -0.3 is 15.4 Å². The highest BCUT2D eigenvalue weighted by Crippen LogP contribution is 2.18. The molecule has 0 spiro atoms. The van der Waals surface area contributed by atoms with Crippen LogP contribution in [0.15, 0.2) is 0 Å². The van der Waals surface area contributed by atoms with Gasteiger partial charge in [-0.3, -0.25) is 0 Å². The molecule has 21 heavy (non-hydrogen) atoms. The van der Waals surface area contributed by atoms with E-state index in [1.807, 2.05) is 0 Å². The largest absolute Gasteiger partial charge is 0.376 e. The van der Waals surface area contributed by atoms with E-state index in [2.05, 4.69) is 10.6 Å². The third-order valence-corrected chi connectivity index (χ3v) is 5.41. The first-order valence-electron chi connectivity index (χ1n) is 7.53. The van der Waals surface area contributed by atoms with Crippen LogP contribution >= 0.6 is 0 Å². The molecule has 0 radical (unpaired) electrons. The summed E-state index contributed by atoms with van der Waals surface area (Å²) in [7, 11) is -3.08. The second kappa shape index (κ2) is 7.42. The highest BCUT2D eigenvalue weighted by molar-refractivity contribution is 7.88. The Labute approximate surface area is 126 Å². The Morgan fingerprint density at radius 1 is 1.19 bits per heavy atom. The summed E-state index contributed by atoms with van der Waals surface area (Å²) in [5.41, 5.74) is 0. The molecule has 0 aliphatic carbocycles. The fourth-order valence-corrected chi connectivity index (χ4v) is 3.63. The minimum atomic E-state index is -3.08. The van der Waals surface area contributed by atoms with E-state index >= 15 is 0 Å². The van der Waals surface area contributed by atoms with Crippen LogP contribution in [0.25, 0.3) is 0 Å². The van der Waals surface area contributed by atoms with Crippen LogP contribution in [0.5, 0.6) is 0 Å². The first kappa shape index (κ1) is 16.5. The van der Waals surface area contributed by atoms with Crippen LogP contribution in [0.4, 0.5) is 4.79 Å². The van der Waals surface area contributed by atoms with Crippen molar-refractivity contribution in [3.8, 4) is 0 Å². The SMILES string of the molecule is CS(=O)(=O)N1CCC(CNC(=O)NCC2CCCO2)CC1. The number of ether oxygens (including phenoxy) is 1. The number of carbonyl (C=O) groups excluding carboxylic acids is 1. The zero-order chi connectivity index (χ0) is 15.3. The van der Waals surface area contributed by atoms with Gasteiger partial charge in [-0.15, -0.1) is 0 Å². The van der Waals surface area contributed by atoms with E-state index in [0.717, 1.165) is 32.3 Å². The summed E-state index contributed by atoms with van der Waals surface area (Å²) in [6.45, 7) is 3.02. The molecule has 0 aromatic carbocycles. The van der Waals surface area contributed by atoms with E-state index in [9.17, 15) is 13.2 Å². The van der Waals surface area contributed by atoms with E-state index in [1.165, 1.54) is 10.6 Å². The molecule has 1 unspecified atom stereocenters. The zero-order valence-corrected chi connectivity index (χ0v) is 13.3. The number of rotatable bonds is 5. The average molecular weight is 319 g/mol. The second-order valence-corrected chi connectivity index (χ2v) is 7.81. The Morgan fingerprint density at radius 3 is 2.43 bits per heavy atom. The lowest BCUT2D eigenvalue weighted by atomic mass is 9.98. The number of nitrogens with one attached hydrogen (secondary N) is 2. The third kappa shape index (κ3) is 5.44. The molecular weight excluding hydrogens is 294 g/mol. The summed E-state index contributed by atoms with van der Waals surface area (Å²) in [4.78, 5) is 11.7. The number of urea groups is 1. The normalized spacial score (nSPS) is 24.9. The van der Waals surface area contributed by atoms with Crippen molar-refractivity contribution >= 4 is 16.1 Å². The van der Waals surface area contributed by atoms with Crippen LogP contribution in [0.1, 0.15) is 25.7 Å². The van der Waals surface area contributed by atoms with E-state index in [0.29, 0.717) is 32.1 Å². The third-order valence-electron chi connectivity index (χ3n) is 4.11. The highest BCUT2D eigenvalue weighted by Gasteiger charge is 2.25. The Kier molecular flexibility index (Phi) is 5.83. The predicted octanol–water partition coefficient (Wildman–Crippen LogP) is 0.136. The van der Waals surface area contributed by atoms with Gasteiger partial charge in [-0.1, -0.05) is 0 Å². The van der Waals surface area contributed by atoms with Gasteiger partial charge in [0.15, 0.2) is 0 Å². The van der Waals surface area contributed by atoms with Crippen molar-refractivity contribution < 1.29 is 17.9 Å². The molecular formula is C13H25N3O4S. The van der Waals surface area contributed by atoms with Crippen molar-refractivity contribution in [2.45, 2.75) is 31.8 Å². The summed E-state index contributed by atoms with van der Waals surface area (Å²) in [6.07, 6.45) is 5.04. The van der Waals surface area contributed by atoms with E-state index < -0.39 is 10.0 Å². The van der Waals surface area contributed by atoms with Crippen LogP contribution in [0.3, 0.4) is 0 Å². The minimum absolute atomic E-state index is 0.147. The van der Waals surface area contributed by atoms with Crippen LogP contribution in [-0.4, -0.2) is 63.9 Å². The molecule has 2 saturated heterocycles. The van der Waals surface area contributed by atoms with Gasteiger partial charge in [-0.05, 0) is 31.6 Å². The van der Waals surface area contributed by atoms with Crippen molar-refractivity contribution in [2.24, 2.45) is 5.92 Å². The lowest BCUT2D eigenvalue weighted by molar-refractivity contribution is 0.111. The van der Waals surface area contributed by atoms with Gasteiger partial charge in [-0.2, -0.15) is 0 Å². The molecule has 0 saturated carbocycles. The van der Waals surface area contributed by atoms with Gasteiger partial charge in [0.25, 0.3) is 0 Å². The number of hydrogen-bond acceptors (Lipinski definition) is 4. The smallest absolute Gasteiger partial charge is 0.314 e. The number of piperidine rings is 1. The van der Waals surface area contributed by atoms with Gasteiger partial charge in [0.2, 0.25) is 10.0 Å². The standard InChI is InChI=1S/C13H25N3O4S/c1-21(18,19)16-6-4-11(5-7-16)9-14-13(17)15-10-12-3-2-8-20-12/h11-12H,2-10H2,1H3,(H2,14,15,17). The first-order valence-corrected chi connectivity index (χ1v) is 9.38. The van der Waals surface area contributed by atoms with Crippen molar-refractivity contribution in [2.75, 3.05) is 39.0 Å². The van der Waals surface area contributed by atoms with Gasteiger partial charge in [-0.25, -0.2) is 17.5 Å². The molecule has 2 heterocycles. The number of sulfonamides is 1. The molecule has 0 aromatic rings. The second-order valence-electron chi connectivity index (χ2n) is 5.83. The molecule has 2 rings (SSSR count). The van der Waals surface area contributed by atoms with Crippen molar-refractivity contribution in [3.63, 3.8) is 0 Å². The lowest BCUT2D eigenvalue weighted by Crippen LogP contribution is -2.44. The molecule has 2 amide bonds. The molecule has 122 valence electrons. The van der Waals surface area contributed by atoms with E-state index in [1.54, 1.807) is 0 Å². The molecule has 2 aliphatic heterocycles. The molecule has 7 nitrogen and oxygen atoms in total. The van der Waals surface area contributed by atoms with Crippen molar-refractivity contribution in [1.29, 1.82) is 0 Å². The van der Waals surface area contributed by atoms with Gasteiger partial charge in [0, 0.05) is 32.8 Å². The fraction of sp³-hybridized carbons (Fsp3) is 0.923. The van der Waals surface area contributed by atoms with Crippen molar-refractivity contribution in [1.82, 2.24) is 14.9 Å². The molecule has 0 aromatic heterocycles. The summed E-state index contributed by atoms with van der Waals surface area (Å²) in [6, 6.07) is -0.170. The fourth-order valence-electron chi connectivity index (χ4n) is 2.76. The Hall–Kier alpha value is -0.860. The highest BCUT2D eigenvalue weighted by atomic mass is 32.2. The topological polar surface area (TPSA) is 87.7 Å². The molecule has 2 fully saturated rings. The van der Waals surface area contributed by atoms with Gasteiger partial charge >= 0.3 is 6.03 Å². The van der Waals surface area contributed by atoms with Gasteiger partial charge in [0.05, 0.1) is 12.4 Å². The van der Waals surface area contributed by atoms with E-state index in [4.69, 9.17) is 4.74 Å². The summed E-state index contributed by atoms with van der Waals surface area (Å²) in [5.74, 6) is 0.344. The first-order chi connectivity index (χ1) is 9.95. The number of carbonyl (C=O) groups is 1. The minimum Gasteiger partial charge on any atom is -0.376 e. The summed E-state index contributed by atoms with van der Waals surface area (Å²) < 4.78 is 29.7. The number of hydrogen-bond donors (Lipinski definition) is 2. The van der Waals surface area contributed by atoms with Crippen LogP contribution in [-0.2, 0) is 14.8 Å². The van der Waals surface area contributed by atoms with Crippen LogP contribution < -0.4 is 10.6 Å².